The van der Waals surface area contributed by atoms with Crippen molar-refractivity contribution in [3.8, 4) is 0 Å². The summed E-state index contributed by atoms with van der Waals surface area (Å²) in [6.07, 6.45) is 8.73. The minimum absolute atomic E-state index is 0.0390. The van der Waals surface area contributed by atoms with Crippen LogP contribution < -0.4 is 5.32 Å². The van der Waals surface area contributed by atoms with Gasteiger partial charge in [0.2, 0.25) is 5.91 Å². The summed E-state index contributed by atoms with van der Waals surface area (Å²) in [6.45, 7) is 4.41. The molecule has 128 valence electrons. The third-order valence-corrected chi connectivity index (χ3v) is 5.07. The molecular formula is C20H26N2O2. The lowest BCUT2D eigenvalue weighted by Gasteiger charge is -2.22. The Bertz CT molecular complexity index is 595. The van der Waals surface area contributed by atoms with Crippen molar-refractivity contribution in [3.63, 3.8) is 0 Å². The predicted octanol–water partition coefficient (Wildman–Crippen LogP) is 3.73. The molecule has 0 unspecified atom stereocenters. The Morgan fingerprint density at radius 1 is 1.08 bits per heavy atom. The van der Waals surface area contributed by atoms with Crippen molar-refractivity contribution in [1.29, 1.82) is 0 Å². The molecule has 3 rings (SSSR count). The molecule has 0 atom stereocenters. The monoisotopic (exact) mass is 326 g/mol. The average molecular weight is 326 g/mol. The second-order valence-corrected chi connectivity index (χ2v) is 6.81. The lowest BCUT2D eigenvalue weighted by atomic mass is 9.96. The van der Waals surface area contributed by atoms with Crippen molar-refractivity contribution in [3.05, 3.63) is 42.0 Å². The fraction of sp³-hybridized carbons (Fsp3) is 0.500. The smallest absolute Gasteiger partial charge is 0.258 e. The van der Waals surface area contributed by atoms with Crippen molar-refractivity contribution in [1.82, 2.24) is 10.2 Å². The first kappa shape index (κ1) is 16.7. The summed E-state index contributed by atoms with van der Waals surface area (Å²) < 4.78 is 0. The maximum absolute atomic E-state index is 12.4. The summed E-state index contributed by atoms with van der Waals surface area (Å²) in [7, 11) is 0. The summed E-state index contributed by atoms with van der Waals surface area (Å²) in [6, 6.07) is 7.78. The van der Waals surface area contributed by atoms with Gasteiger partial charge in [0.15, 0.2) is 0 Å². The number of rotatable bonds is 4. The summed E-state index contributed by atoms with van der Waals surface area (Å²) in [5, 5.41) is 3.15. The van der Waals surface area contributed by atoms with E-state index in [-0.39, 0.29) is 11.8 Å². The predicted molar refractivity (Wildman–Crippen MR) is 95.4 cm³/mol. The molecule has 1 saturated carbocycles. The Kier molecular flexibility index (Phi) is 5.34. The number of amides is 2. The number of hydrogen-bond acceptors (Lipinski definition) is 2. The van der Waals surface area contributed by atoms with Crippen LogP contribution >= 0.6 is 0 Å². The molecule has 2 aliphatic rings. The van der Waals surface area contributed by atoms with Gasteiger partial charge in [0.05, 0.1) is 0 Å². The minimum Gasteiger partial charge on any atom is -0.353 e. The zero-order valence-corrected chi connectivity index (χ0v) is 14.2. The zero-order valence-electron chi connectivity index (χ0n) is 14.2. The fourth-order valence-electron chi connectivity index (χ4n) is 3.68. The Labute approximate surface area is 143 Å². The second-order valence-electron chi connectivity index (χ2n) is 6.81. The van der Waals surface area contributed by atoms with Gasteiger partial charge in [0, 0.05) is 35.8 Å². The first-order chi connectivity index (χ1) is 11.7. The van der Waals surface area contributed by atoms with Gasteiger partial charge >= 0.3 is 0 Å². The van der Waals surface area contributed by atoms with Crippen LogP contribution in [-0.4, -0.2) is 29.3 Å². The number of fused-ring (bicyclic) bond motifs is 1. The molecule has 1 N–H and O–H groups in total. The van der Waals surface area contributed by atoms with E-state index in [2.05, 4.69) is 11.9 Å². The molecule has 0 radical (unpaired) electrons. The quantitative estimate of drug-likeness (QED) is 0.916. The molecule has 4 heteroatoms. The highest BCUT2D eigenvalue weighted by Gasteiger charge is 2.30. The molecule has 1 aliphatic carbocycles. The molecule has 0 aromatic heterocycles. The Balaban J connectivity index is 1.51. The molecule has 1 heterocycles. The maximum atomic E-state index is 12.4. The van der Waals surface area contributed by atoms with E-state index in [9.17, 15) is 9.59 Å². The molecule has 1 aliphatic heterocycles. The van der Waals surface area contributed by atoms with Crippen molar-refractivity contribution in [2.75, 3.05) is 6.54 Å². The molecule has 4 nitrogen and oxygen atoms in total. The third kappa shape index (κ3) is 3.69. The highest BCUT2D eigenvalue weighted by Crippen LogP contribution is 2.31. The molecule has 2 amide bonds. The van der Waals surface area contributed by atoms with Gasteiger partial charge in [-0.2, -0.15) is 0 Å². The van der Waals surface area contributed by atoms with Gasteiger partial charge in [-0.1, -0.05) is 56.9 Å². The van der Waals surface area contributed by atoms with Crippen LogP contribution in [0.25, 0.3) is 5.70 Å². The highest BCUT2D eigenvalue weighted by atomic mass is 16.2. The van der Waals surface area contributed by atoms with E-state index in [1.807, 2.05) is 24.3 Å². The van der Waals surface area contributed by atoms with Crippen LogP contribution in [0.15, 0.2) is 30.8 Å². The Morgan fingerprint density at radius 2 is 1.71 bits per heavy atom. The van der Waals surface area contributed by atoms with Crippen molar-refractivity contribution in [2.24, 2.45) is 0 Å². The van der Waals surface area contributed by atoms with Gasteiger partial charge in [-0.25, -0.2) is 0 Å². The van der Waals surface area contributed by atoms with Crippen molar-refractivity contribution >= 4 is 17.5 Å². The van der Waals surface area contributed by atoms with Gasteiger partial charge in [-0.05, 0) is 18.9 Å². The number of carbonyl (C=O) groups excluding carboxylic acids is 2. The number of benzene rings is 1. The van der Waals surface area contributed by atoms with E-state index in [1.54, 1.807) is 4.90 Å². The van der Waals surface area contributed by atoms with E-state index < -0.39 is 0 Å². The minimum atomic E-state index is -0.0469. The SMILES string of the molecule is C=C1c2ccccc2C(=O)N1CCC(=O)NC1CCCCCCC1. The van der Waals surface area contributed by atoms with Crippen LogP contribution in [0, 0.1) is 0 Å². The Morgan fingerprint density at radius 3 is 2.38 bits per heavy atom. The fourth-order valence-corrected chi connectivity index (χ4v) is 3.68. The summed E-state index contributed by atoms with van der Waals surface area (Å²) in [4.78, 5) is 26.3. The number of nitrogens with one attached hydrogen (secondary N) is 1. The zero-order chi connectivity index (χ0) is 16.9. The van der Waals surface area contributed by atoms with E-state index in [0.29, 0.717) is 30.3 Å². The average Bonchev–Trinajstić information content (AvgIpc) is 2.80. The van der Waals surface area contributed by atoms with E-state index >= 15 is 0 Å². The van der Waals surface area contributed by atoms with E-state index in [4.69, 9.17) is 0 Å². The third-order valence-electron chi connectivity index (χ3n) is 5.07. The van der Waals surface area contributed by atoms with Crippen LogP contribution in [0.5, 0.6) is 0 Å². The number of carbonyl (C=O) groups is 2. The van der Waals surface area contributed by atoms with Crippen LogP contribution in [0.2, 0.25) is 0 Å². The normalized spacial score (nSPS) is 18.9. The molecule has 1 aromatic carbocycles. The van der Waals surface area contributed by atoms with Crippen LogP contribution in [0.4, 0.5) is 0 Å². The van der Waals surface area contributed by atoms with Gasteiger partial charge in [0.1, 0.15) is 0 Å². The lowest BCUT2D eigenvalue weighted by Crippen LogP contribution is -2.37. The molecule has 0 spiro atoms. The van der Waals surface area contributed by atoms with Crippen LogP contribution in [0.1, 0.15) is 67.3 Å². The molecule has 24 heavy (non-hydrogen) atoms. The largest absolute Gasteiger partial charge is 0.353 e. The van der Waals surface area contributed by atoms with Crippen molar-refractivity contribution < 1.29 is 9.59 Å². The summed E-state index contributed by atoms with van der Waals surface area (Å²) in [5.41, 5.74) is 2.26. The van der Waals surface area contributed by atoms with Gasteiger partial charge in [0.25, 0.3) is 5.91 Å². The molecular weight excluding hydrogens is 300 g/mol. The topological polar surface area (TPSA) is 49.4 Å². The molecule has 1 aromatic rings. The maximum Gasteiger partial charge on any atom is 0.258 e. The van der Waals surface area contributed by atoms with Crippen LogP contribution in [0.3, 0.4) is 0 Å². The molecule has 1 fully saturated rings. The first-order valence-electron chi connectivity index (χ1n) is 9.06. The number of hydrogen-bond donors (Lipinski definition) is 1. The number of nitrogens with zero attached hydrogens (tertiary/aromatic N) is 1. The highest BCUT2D eigenvalue weighted by molar-refractivity contribution is 6.08. The Hall–Kier alpha value is -2.10. The lowest BCUT2D eigenvalue weighted by molar-refractivity contribution is -0.122. The molecule has 0 bridgehead atoms. The van der Waals surface area contributed by atoms with Crippen LogP contribution in [-0.2, 0) is 4.79 Å². The second kappa shape index (κ2) is 7.65. The van der Waals surface area contributed by atoms with E-state index in [1.165, 1.54) is 32.1 Å². The summed E-state index contributed by atoms with van der Waals surface area (Å²) in [5.74, 6) is -0.00789. The van der Waals surface area contributed by atoms with E-state index in [0.717, 1.165) is 18.4 Å². The first-order valence-corrected chi connectivity index (χ1v) is 9.06. The summed E-state index contributed by atoms with van der Waals surface area (Å²) >= 11 is 0. The van der Waals surface area contributed by atoms with Crippen molar-refractivity contribution in [2.45, 2.75) is 57.4 Å². The standard InChI is InChI=1S/C20H26N2O2/c1-15-17-11-7-8-12-18(17)20(24)22(15)14-13-19(23)21-16-9-5-3-2-4-6-10-16/h7-8,11-12,16H,1-6,9-10,13-14H2,(H,21,23). The van der Waals surface area contributed by atoms with Gasteiger partial charge in [-0.3, -0.25) is 9.59 Å². The molecule has 0 saturated heterocycles. The van der Waals surface area contributed by atoms with Gasteiger partial charge < -0.3 is 10.2 Å². The van der Waals surface area contributed by atoms with Gasteiger partial charge in [-0.15, -0.1) is 0 Å².